The molecule has 0 bridgehead atoms. The summed E-state index contributed by atoms with van der Waals surface area (Å²) >= 11 is 1.61. The highest BCUT2D eigenvalue weighted by Gasteiger charge is 2.10. The second-order valence-electron chi connectivity index (χ2n) is 3.26. The first-order valence-corrected chi connectivity index (χ1v) is 5.74. The Morgan fingerprint density at radius 1 is 1.38 bits per heavy atom. The summed E-state index contributed by atoms with van der Waals surface area (Å²) in [7, 11) is 1.66. The Morgan fingerprint density at radius 3 is 2.75 bits per heavy atom. The Morgan fingerprint density at radius 2 is 2.12 bits per heavy atom. The number of nitrogens with zero attached hydrogens (tertiary/aromatic N) is 2. The zero-order valence-electron chi connectivity index (χ0n) is 9.01. The molecule has 5 heteroatoms. The first-order valence-electron chi connectivity index (χ1n) is 4.93. The molecule has 2 aromatic heterocycles. The fourth-order valence-corrected chi connectivity index (χ4v) is 2.36. The molecule has 0 aliphatic heterocycles. The number of rotatable bonds is 4. The average Bonchev–Trinajstić information content (AvgIpc) is 2.74. The summed E-state index contributed by atoms with van der Waals surface area (Å²) < 4.78 is 5.10. The third-order valence-corrected chi connectivity index (χ3v) is 3.34. The Bertz CT molecular complexity index is 456. The molecule has 2 N–H and O–H groups in total. The van der Waals surface area contributed by atoms with Crippen LogP contribution >= 0.6 is 11.3 Å². The Balaban J connectivity index is 2.36. The predicted octanol–water partition coefficient (Wildman–Crippen LogP) is 1.81. The molecule has 0 aliphatic rings. The van der Waals surface area contributed by atoms with Crippen molar-refractivity contribution in [1.29, 1.82) is 0 Å². The lowest BCUT2D eigenvalue weighted by atomic mass is 10.3. The summed E-state index contributed by atoms with van der Waals surface area (Å²) in [5.41, 5.74) is 7.67. The van der Waals surface area contributed by atoms with E-state index in [1.807, 2.05) is 12.1 Å². The van der Waals surface area contributed by atoms with Crippen molar-refractivity contribution >= 4 is 11.3 Å². The molecule has 84 valence electrons. The van der Waals surface area contributed by atoms with Crippen LogP contribution in [0.25, 0.3) is 10.6 Å². The maximum Gasteiger partial charge on any atom is 0.124 e. The van der Waals surface area contributed by atoms with Crippen molar-refractivity contribution in [1.82, 2.24) is 9.97 Å². The van der Waals surface area contributed by atoms with E-state index < -0.39 is 0 Å². The highest BCUT2D eigenvalue weighted by Crippen LogP contribution is 2.27. The normalized spacial score (nSPS) is 10.6. The zero-order valence-corrected chi connectivity index (χ0v) is 9.83. The van der Waals surface area contributed by atoms with Gasteiger partial charge >= 0.3 is 0 Å². The van der Waals surface area contributed by atoms with Crippen LogP contribution in [0.2, 0.25) is 0 Å². The molecule has 0 amide bonds. The number of aromatic nitrogens is 2. The summed E-state index contributed by atoms with van der Waals surface area (Å²) in [5.74, 6) is 0. The summed E-state index contributed by atoms with van der Waals surface area (Å²) in [4.78, 5) is 9.59. The molecule has 2 heterocycles. The van der Waals surface area contributed by atoms with Crippen LogP contribution in [-0.2, 0) is 17.9 Å². The zero-order chi connectivity index (χ0) is 11.4. The molecule has 0 atom stereocenters. The standard InChI is InChI=1S/C11H13N3OS/c1-15-7-9-10(6-12)16-11(14-9)8-2-4-13-5-3-8/h2-5H,6-7,12H2,1H3. The van der Waals surface area contributed by atoms with Gasteiger partial charge in [0, 0.05) is 36.5 Å². The summed E-state index contributed by atoms with van der Waals surface area (Å²) in [6.07, 6.45) is 3.52. The molecular weight excluding hydrogens is 222 g/mol. The van der Waals surface area contributed by atoms with Gasteiger partial charge in [0.1, 0.15) is 5.01 Å². The van der Waals surface area contributed by atoms with Crippen molar-refractivity contribution in [3.63, 3.8) is 0 Å². The minimum Gasteiger partial charge on any atom is -0.378 e. The number of methoxy groups -OCH3 is 1. The molecule has 0 aliphatic carbocycles. The SMILES string of the molecule is COCc1nc(-c2ccncc2)sc1CN. The molecule has 4 nitrogen and oxygen atoms in total. The van der Waals surface area contributed by atoms with Gasteiger partial charge in [-0.2, -0.15) is 0 Å². The number of ether oxygens (including phenoxy) is 1. The van der Waals surface area contributed by atoms with Crippen molar-refractivity contribution in [2.24, 2.45) is 5.73 Å². The Kier molecular flexibility index (Phi) is 3.61. The fourth-order valence-electron chi connectivity index (χ4n) is 1.41. The van der Waals surface area contributed by atoms with Crippen LogP contribution in [0.4, 0.5) is 0 Å². The molecule has 0 aromatic carbocycles. The van der Waals surface area contributed by atoms with Crippen LogP contribution in [0.3, 0.4) is 0 Å². The number of hydrogen-bond acceptors (Lipinski definition) is 5. The van der Waals surface area contributed by atoms with Gasteiger partial charge in [-0.3, -0.25) is 4.98 Å². The topological polar surface area (TPSA) is 61.0 Å². The van der Waals surface area contributed by atoms with E-state index in [9.17, 15) is 0 Å². The molecule has 0 saturated heterocycles. The molecule has 0 saturated carbocycles. The quantitative estimate of drug-likeness (QED) is 0.878. The van der Waals surface area contributed by atoms with Crippen LogP contribution < -0.4 is 5.73 Å². The van der Waals surface area contributed by atoms with E-state index in [0.29, 0.717) is 13.2 Å². The van der Waals surface area contributed by atoms with E-state index in [-0.39, 0.29) is 0 Å². The van der Waals surface area contributed by atoms with E-state index in [2.05, 4.69) is 9.97 Å². The van der Waals surface area contributed by atoms with Gasteiger partial charge in [0.2, 0.25) is 0 Å². The van der Waals surface area contributed by atoms with Crippen molar-refractivity contribution in [3.8, 4) is 10.6 Å². The van der Waals surface area contributed by atoms with E-state index in [1.165, 1.54) is 0 Å². The van der Waals surface area contributed by atoms with E-state index >= 15 is 0 Å². The monoisotopic (exact) mass is 235 g/mol. The fraction of sp³-hybridized carbons (Fsp3) is 0.273. The largest absolute Gasteiger partial charge is 0.378 e. The summed E-state index contributed by atoms with van der Waals surface area (Å²) in [5, 5.41) is 0.968. The summed E-state index contributed by atoms with van der Waals surface area (Å²) in [6, 6.07) is 3.88. The van der Waals surface area contributed by atoms with Crippen molar-refractivity contribution in [2.45, 2.75) is 13.2 Å². The van der Waals surface area contributed by atoms with Crippen LogP contribution in [-0.4, -0.2) is 17.1 Å². The van der Waals surface area contributed by atoms with Crippen LogP contribution in [0, 0.1) is 0 Å². The highest BCUT2D eigenvalue weighted by atomic mass is 32.1. The van der Waals surface area contributed by atoms with Gasteiger partial charge in [0.25, 0.3) is 0 Å². The van der Waals surface area contributed by atoms with Crippen LogP contribution in [0.15, 0.2) is 24.5 Å². The van der Waals surface area contributed by atoms with Gasteiger partial charge in [-0.1, -0.05) is 0 Å². The molecule has 0 fully saturated rings. The van der Waals surface area contributed by atoms with E-state index in [0.717, 1.165) is 21.1 Å². The lowest BCUT2D eigenvalue weighted by Crippen LogP contribution is -1.99. The second kappa shape index (κ2) is 5.16. The Hall–Kier alpha value is -1.30. The van der Waals surface area contributed by atoms with Crippen molar-refractivity contribution in [3.05, 3.63) is 35.1 Å². The highest BCUT2D eigenvalue weighted by molar-refractivity contribution is 7.15. The van der Waals surface area contributed by atoms with Gasteiger partial charge in [-0.25, -0.2) is 4.98 Å². The first kappa shape index (κ1) is 11.2. The lowest BCUT2D eigenvalue weighted by Gasteiger charge is -1.96. The van der Waals surface area contributed by atoms with Gasteiger partial charge in [-0.15, -0.1) is 11.3 Å². The van der Waals surface area contributed by atoms with Gasteiger partial charge in [0.05, 0.1) is 12.3 Å². The molecule has 2 aromatic rings. The predicted molar refractivity (Wildman–Crippen MR) is 63.9 cm³/mol. The smallest absolute Gasteiger partial charge is 0.124 e. The van der Waals surface area contributed by atoms with Crippen molar-refractivity contribution in [2.75, 3.05) is 7.11 Å². The lowest BCUT2D eigenvalue weighted by molar-refractivity contribution is 0.181. The molecule has 16 heavy (non-hydrogen) atoms. The van der Waals surface area contributed by atoms with Gasteiger partial charge in [0.15, 0.2) is 0 Å². The number of pyridine rings is 1. The molecule has 0 radical (unpaired) electrons. The number of thiazole rings is 1. The number of nitrogens with two attached hydrogens (primary N) is 1. The molecule has 2 rings (SSSR count). The van der Waals surface area contributed by atoms with E-state index in [1.54, 1.807) is 30.8 Å². The minimum absolute atomic E-state index is 0.501. The molecule has 0 unspecified atom stereocenters. The maximum atomic E-state index is 5.67. The molecular formula is C11H13N3OS. The first-order chi connectivity index (χ1) is 7.85. The average molecular weight is 235 g/mol. The van der Waals surface area contributed by atoms with Crippen LogP contribution in [0.5, 0.6) is 0 Å². The minimum atomic E-state index is 0.501. The second-order valence-corrected chi connectivity index (χ2v) is 4.35. The Labute approximate surface area is 98.1 Å². The number of hydrogen-bond donors (Lipinski definition) is 1. The van der Waals surface area contributed by atoms with Gasteiger partial charge < -0.3 is 10.5 Å². The molecule has 0 spiro atoms. The van der Waals surface area contributed by atoms with Gasteiger partial charge in [-0.05, 0) is 12.1 Å². The van der Waals surface area contributed by atoms with E-state index in [4.69, 9.17) is 10.5 Å². The summed E-state index contributed by atoms with van der Waals surface area (Å²) in [6.45, 7) is 1.01. The third-order valence-electron chi connectivity index (χ3n) is 2.17. The van der Waals surface area contributed by atoms with Crippen molar-refractivity contribution < 1.29 is 4.74 Å². The third kappa shape index (κ3) is 2.27. The van der Waals surface area contributed by atoms with Crippen LogP contribution in [0.1, 0.15) is 10.6 Å². The maximum absolute atomic E-state index is 5.67.